The van der Waals surface area contributed by atoms with Crippen LogP contribution in [0.25, 0.3) is 6.08 Å². The summed E-state index contributed by atoms with van der Waals surface area (Å²) in [6.45, 7) is 4.07. The molecular weight excluding hydrogens is 358 g/mol. The zero-order chi connectivity index (χ0) is 20.5. The van der Waals surface area contributed by atoms with Crippen LogP contribution in [0, 0.1) is 17.2 Å². The molecule has 1 aromatic carbocycles. The number of nitriles is 1. The molecule has 2 rings (SSSR count). The minimum absolute atomic E-state index is 0.0334. The SMILES string of the molecule is CCOc1cc(/C=C(\C#N)C(=O)N[C@H]2CCCC[C@@H]2C)ccc1OCC(N)=O. The minimum atomic E-state index is -0.591. The Kier molecular flexibility index (Phi) is 7.88. The van der Waals surface area contributed by atoms with Crippen LogP contribution in [0.5, 0.6) is 11.5 Å². The summed E-state index contributed by atoms with van der Waals surface area (Å²) in [6.07, 6.45) is 5.81. The fourth-order valence-electron chi connectivity index (χ4n) is 3.24. The van der Waals surface area contributed by atoms with Crippen LogP contribution in [0.3, 0.4) is 0 Å². The summed E-state index contributed by atoms with van der Waals surface area (Å²) in [7, 11) is 0. The monoisotopic (exact) mass is 385 g/mol. The molecular formula is C21H27N3O4. The molecule has 3 N–H and O–H groups in total. The van der Waals surface area contributed by atoms with Gasteiger partial charge in [0.25, 0.3) is 11.8 Å². The Labute approximate surface area is 165 Å². The summed E-state index contributed by atoms with van der Waals surface area (Å²) in [5, 5.41) is 12.4. The van der Waals surface area contributed by atoms with E-state index < -0.39 is 5.91 Å². The van der Waals surface area contributed by atoms with E-state index in [1.165, 1.54) is 12.5 Å². The van der Waals surface area contributed by atoms with Crippen molar-refractivity contribution < 1.29 is 19.1 Å². The molecule has 0 aliphatic heterocycles. The second kappa shape index (κ2) is 10.4. The molecule has 1 aliphatic rings. The maximum absolute atomic E-state index is 12.5. The highest BCUT2D eigenvalue weighted by Gasteiger charge is 2.24. The van der Waals surface area contributed by atoms with Crippen LogP contribution in [0.2, 0.25) is 0 Å². The molecule has 7 nitrogen and oxygen atoms in total. The fraction of sp³-hybridized carbons (Fsp3) is 0.476. The molecule has 7 heteroatoms. The lowest BCUT2D eigenvalue weighted by Gasteiger charge is -2.29. The second-order valence-electron chi connectivity index (χ2n) is 6.91. The normalized spacial score (nSPS) is 19.4. The lowest BCUT2D eigenvalue weighted by atomic mass is 9.86. The number of primary amides is 1. The molecule has 1 fully saturated rings. The average molecular weight is 385 g/mol. The van der Waals surface area contributed by atoms with Gasteiger partial charge in [-0.25, -0.2) is 0 Å². The van der Waals surface area contributed by atoms with Crippen molar-refractivity contribution in [2.75, 3.05) is 13.2 Å². The van der Waals surface area contributed by atoms with Gasteiger partial charge in [0.15, 0.2) is 18.1 Å². The Morgan fingerprint density at radius 1 is 1.29 bits per heavy atom. The van der Waals surface area contributed by atoms with E-state index in [9.17, 15) is 14.9 Å². The van der Waals surface area contributed by atoms with Crippen molar-refractivity contribution in [3.63, 3.8) is 0 Å². The quantitative estimate of drug-likeness (QED) is 0.527. The topological polar surface area (TPSA) is 114 Å². The van der Waals surface area contributed by atoms with E-state index in [-0.39, 0.29) is 24.1 Å². The third kappa shape index (κ3) is 6.02. The van der Waals surface area contributed by atoms with Crippen molar-refractivity contribution in [2.24, 2.45) is 11.7 Å². The molecule has 1 aromatic rings. The number of carbonyl (C=O) groups excluding carboxylic acids is 2. The van der Waals surface area contributed by atoms with Gasteiger partial charge >= 0.3 is 0 Å². The van der Waals surface area contributed by atoms with Gasteiger partial charge < -0.3 is 20.5 Å². The van der Waals surface area contributed by atoms with E-state index in [0.717, 1.165) is 19.3 Å². The third-order valence-corrected chi connectivity index (χ3v) is 4.74. The van der Waals surface area contributed by atoms with Crippen molar-refractivity contribution in [3.05, 3.63) is 29.3 Å². The summed E-state index contributed by atoms with van der Waals surface area (Å²) in [4.78, 5) is 23.5. The van der Waals surface area contributed by atoms with Gasteiger partial charge in [0.05, 0.1) is 6.61 Å². The van der Waals surface area contributed by atoms with Crippen molar-refractivity contribution in [1.82, 2.24) is 5.32 Å². The number of amides is 2. The Hall–Kier alpha value is -3.01. The molecule has 0 bridgehead atoms. The van der Waals surface area contributed by atoms with Crippen LogP contribution >= 0.6 is 0 Å². The Morgan fingerprint density at radius 3 is 2.68 bits per heavy atom. The fourth-order valence-corrected chi connectivity index (χ4v) is 3.24. The molecule has 0 radical (unpaired) electrons. The predicted molar refractivity (Wildman–Crippen MR) is 105 cm³/mol. The van der Waals surface area contributed by atoms with Crippen molar-refractivity contribution >= 4 is 17.9 Å². The van der Waals surface area contributed by atoms with Gasteiger partial charge in [0, 0.05) is 6.04 Å². The van der Waals surface area contributed by atoms with Gasteiger partial charge in [0.2, 0.25) is 0 Å². The second-order valence-corrected chi connectivity index (χ2v) is 6.91. The molecule has 0 heterocycles. The number of rotatable bonds is 8. The minimum Gasteiger partial charge on any atom is -0.490 e. The van der Waals surface area contributed by atoms with E-state index in [1.807, 2.05) is 13.0 Å². The Bertz CT molecular complexity index is 782. The predicted octanol–water partition coefficient (Wildman–Crippen LogP) is 2.55. The number of nitrogens with one attached hydrogen (secondary N) is 1. The molecule has 1 aliphatic carbocycles. The first-order chi connectivity index (χ1) is 13.4. The molecule has 0 unspecified atom stereocenters. The highest BCUT2D eigenvalue weighted by Crippen LogP contribution is 2.29. The number of hydrogen-bond donors (Lipinski definition) is 2. The Morgan fingerprint density at radius 2 is 2.04 bits per heavy atom. The first-order valence-electron chi connectivity index (χ1n) is 9.55. The van der Waals surface area contributed by atoms with Crippen LogP contribution < -0.4 is 20.5 Å². The number of carbonyl (C=O) groups is 2. The summed E-state index contributed by atoms with van der Waals surface area (Å²) < 4.78 is 10.9. The van der Waals surface area contributed by atoms with E-state index in [2.05, 4.69) is 12.2 Å². The maximum atomic E-state index is 12.5. The number of hydrogen-bond acceptors (Lipinski definition) is 5. The zero-order valence-corrected chi connectivity index (χ0v) is 16.4. The van der Waals surface area contributed by atoms with Crippen LogP contribution in [-0.4, -0.2) is 31.1 Å². The summed E-state index contributed by atoms with van der Waals surface area (Å²) in [6, 6.07) is 7.04. The van der Waals surface area contributed by atoms with Crippen molar-refractivity contribution in [1.29, 1.82) is 5.26 Å². The highest BCUT2D eigenvalue weighted by molar-refractivity contribution is 6.01. The molecule has 0 saturated heterocycles. The van der Waals surface area contributed by atoms with E-state index in [0.29, 0.717) is 29.6 Å². The molecule has 1 saturated carbocycles. The van der Waals surface area contributed by atoms with Gasteiger partial charge in [-0.2, -0.15) is 5.26 Å². The van der Waals surface area contributed by atoms with Gasteiger partial charge in [-0.15, -0.1) is 0 Å². The summed E-state index contributed by atoms with van der Waals surface area (Å²) >= 11 is 0. The standard InChI is InChI=1S/C21H27N3O4/c1-3-27-19-11-15(8-9-18(19)28-13-20(23)25)10-16(12-22)21(26)24-17-7-5-4-6-14(17)2/h8-11,14,17H,3-7,13H2,1-2H3,(H2,23,25)(H,24,26)/b16-10+/t14-,17-/m0/s1. The first-order valence-corrected chi connectivity index (χ1v) is 9.55. The molecule has 2 amide bonds. The van der Waals surface area contributed by atoms with E-state index in [4.69, 9.17) is 15.2 Å². The Balaban J connectivity index is 2.17. The number of ether oxygens (including phenoxy) is 2. The largest absolute Gasteiger partial charge is 0.490 e. The average Bonchev–Trinajstić information content (AvgIpc) is 2.67. The van der Waals surface area contributed by atoms with Crippen LogP contribution in [-0.2, 0) is 9.59 Å². The van der Waals surface area contributed by atoms with Crippen LogP contribution in [0.4, 0.5) is 0 Å². The smallest absolute Gasteiger partial charge is 0.262 e. The highest BCUT2D eigenvalue weighted by atomic mass is 16.5. The van der Waals surface area contributed by atoms with E-state index >= 15 is 0 Å². The molecule has 0 spiro atoms. The molecule has 2 atom stereocenters. The van der Waals surface area contributed by atoms with Gasteiger partial charge in [-0.05, 0) is 49.5 Å². The lowest BCUT2D eigenvalue weighted by molar-refractivity contribution is -0.120. The van der Waals surface area contributed by atoms with Crippen molar-refractivity contribution in [2.45, 2.75) is 45.6 Å². The molecule has 28 heavy (non-hydrogen) atoms. The third-order valence-electron chi connectivity index (χ3n) is 4.74. The van der Waals surface area contributed by atoms with E-state index in [1.54, 1.807) is 18.2 Å². The maximum Gasteiger partial charge on any atom is 0.262 e. The zero-order valence-electron chi connectivity index (χ0n) is 16.4. The summed E-state index contributed by atoms with van der Waals surface area (Å²) in [5.74, 6) is 0.233. The number of benzene rings is 1. The number of nitrogens with zero attached hydrogens (tertiary/aromatic N) is 1. The number of nitrogens with two attached hydrogens (primary N) is 1. The van der Waals surface area contributed by atoms with Crippen molar-refractivity contribution in [3.8, 4) is 17.6 Å². The molecule has 150 valence electrons. The lowest BCUT2D eigenvalue weighted by Crippen LogP contribution is -2.41. The van der Waals surface area contributed by atoms with Gasteiger partial charge in [-0.3, -0.25) is 9.59 Å². The van der Waals surface area contributed by atoms with Crippen LogP contribution in [0.1, 0.15) is 45.1 Å². The molecule has 0 aromatic heterocycles. The summed E-state index contributed by atoms with van der Waals surface area (Å²) in [5.41, 5.74) is 5.76. The van der Waals surface area contributed by atoms with Gasteiger partial charge in [-0.1, -0.05) is 25.8 Å². The van der Waals surface area contributed by atoms with Gasteiger partial charge in [0.1, 0.15) is 11.6 Å². The first kappa shape index (κ1) is 21.3. The van der Waals surface area contributed by atoms with Crippen LogP contribution in [0.15, 0.2) is 23.8 Å².